The summed E-state index contributed by atoms with van der Waals surface area (Å²) in [6.45, 7) is 2.46. The van der Waals surface area contributed by atoms with Crippen LogP contribution in [0.5, 0.6) is 0 Å². The summed E-state index contributed by atoms with van der Waals surface area (Å²) < 4.78 is 5.35. The number of hydrogen-bond donors (Lipinski definition) is 1. The van der Waals surface area contributed by atoms with Crippen molar-refractivity contribution in [2.24, 2.45) is 5.92 Å². The summed E-state index contributed by atoms with van der Waals surface area (Å²) in [5.41, 5.74) is 0.661. The normalized spacial score (nSPS) is 24.4. The molecular formula is C11H13ClN2O2. The maximum atomic E-state index is 11.8. The molecule has 2 unspecified atom stereocenters. The van der Waals surface area contributed by atoms with Crippen molar-refractivity contribution in [3.8, 4) is 0 Å². The van der Waals surface area contributed by atoms with Gasteiger partial charge in [-0.2, -0.15) is 0 Å². The van der Waals surface area contributed by atoms with Gasteiger partial charge < -0.3 is 10.1 Å². The first kappa shape index (κ1) is 11.4. The van der Waals surface area contributed by atoms with Crippen molar-refractivity contribution in [3.63, 3.8) is 0 Å². The predicted octanol–water partition coefficient (Wildman–Crippen LogP) is 2.10. The van der Waals surface area contributed by atoms with Gasteiger partial charge in [0.05, 0.1) is 30.5 Å². The molecule has 1 aliphatic rings. The van der Waals surface area contributed by atoms with Crippen LogP contribution in [0.15, 0.2) is 18.3 Å². The highest BCUT2D eigenvalue weighted by atomic mass is 35.5. The number of carbonyl (C=O) groups is 1. The van der Waals surface area contributed by atoms with Crippen molar-refractivity contribution in [1.82, 2.24) is 4.98 Å². The largest absolute Gasteiger partial charge is 0.378 e. The van der Waals surface area contributed by atoms with E-state index in [0.29, 0.717) is 17.4 Å². The van der Waals surface area contributed by atoms with E-state index < -0.39 is 0 Å². The molecule has 2 heterocycles. The van der Waals surface area contributed by atoms with Gasteiger partial charge in [0, 0.05) is 0 Å². The van der Waals surface area contributed by atoms with E-state index in [-0.39, 0.29) is 17.9 Å². The van der Waals surface area contributed by atoms with Crippen LogP contribution in [-0.4, -0.2) is 23.6 Å². The van der Waals surface area contributed by atoms with E-state index in [1.807, 2.05) is 6.92 Å². The van der Waals surface area contributed by atoms with E-state index in [1.165, 1.54) is 0 Å². The molecule has 1 fully saturated rings. The summed E-state index contributed by atoms with van der Waals surface area (Å²) in [6, 6.07) is 3.37. The molecule has 1 aromatic heterocycles. The molecule has 2 rings (SSSR count). The first-order chi connectivity index (χ1) is 7.65. The number of halogens is 1. The highest BCUT2D eigenvalue weighted by Gasteiger charge is 2.28. The lowest BCUT2D eigenvalue weighted by molar-refractivity contribution is -0.119. The summed E-state index contributed by atoms with van der Waals surface area (Å²) in [7, 11) is 0. The van der Waals surface area contributed by atoms with E-state index >= 15 is 0 Å². The molecular weight excluding hydrogens is 228 g/mol. The lowest BCUT2D eigenvalue weighted by Gasteiger charge is -2.08. The Morgan fingerprint density at radius 3 is 3.00 bits per heavy atom. The van der Waals surface area contributed by atoms with Gasteiger partial charge in [0.1, 0.15) is 5.15 Å². The fourth-order valence-corrected chi connectivity index (χ4v) is 1.81. The number of rotatable bonds is 2. The van der Waals surface area contributed by atoms with Gasteiger partial charge in [-0.1, -0.05) is 11.6 Å². The minimum absolute atomic E-state index is 0.0199. The highest BCUT2D eigenvalue weighted by molar-refractivity contribution is 6.29. The first-order valence-electron chi connectivity index (χ1n) is 5.19. The Kier molecular flexibility index (Phi) is 3.41. The van der Waals surface area contributed by atoms with Crippen LogP contribution in [0.2, 0.25) is 5.15 Å². The van der Waals surface area contributed by atoms with Crippen LogP contribution in [0.25, 0.3) is 0 Å². The van der Waals surface area contributed by atoms with Crippen molar-refractivity contribution in [1.29, 1.82) is 0 Å². The van der Waals surface area contributed by atoms with E-state index in [2.05, 4.69) is 10.3 Å². The van der Waals surface area contributed by atoms with Crippen LogP contribution < -0.4 is 5.32 Å². The third kappa shape index (κ3) is 2.71. The third-order valence-electron chi connectivity index (χ3n) is 2.56. The maximum absolute atomic E-state index is 11.8. The molecule has 1 saturated heterocycles. The Morgan fingerprint density at radius 1 is 1.62 bits per heavy atom. The van der Waals surface area contributed by atoms with E-state index in [0.717, 1.165) is 6.42 Å². The summed E-state index contributed by atoms with van der Waals surface area (Å²) in [5, 5.41) is 3.20. The van der Waals surface area contributed by atoms with Crippen molar-refractivity contribution in [2.45, 2.75) is 19.4 Å². The SMILES string of the molecule is CC1CC(C(=O)Nc2ccc(Cl)nc2)CO1. The van der Waals surface area contributed by atoms with E-state index in [9.17, 15) is 4.79 Å². The quantitative estimate of drug-likeness (QED) is 0.806. The van der Waals surface area contributed by atoms with Crippen LogP contribution in [0.3, 0.4) is 0 Å². The monoisotopic (exact) mass is 240 g/mol. The molecule has 1 aromatic rings. The van der Waals surface area contributed by atoms with Gasteiger partial charge >= 0.3 is 0 Å². The van der Waals surface area contributed by atoms with Crippen molar-refractivity contribution in [2.75, 3.05) is 11.9 Å². The fraction of sp³-hybridized carbons (Fsp3) is 0.455. The summed E-state index contributed by atoms with van der Waals surface area (Å²) >= 11 is 5.65. The number of hydrogen-bond acceptors (Lipinski definition) is 3. The standard InChI is InChI=1S/C11H13ClN2O2/c1-7-4-8(6-16-7)11(15)14-9-2-3-10(12)13-5-9/h2-3,5,7-8H,4,6H2,1H3,(H,14,15). The van der Waals surface area contributed by atoms with E-state index in [4.69, 9.17) is 16.3 Å². The minimum atomic E-state index is -0.0642. The molecule has 0 aliphatic carbocycles. The topological polar surface area (TPSA) is 51.2 Å². The van der Waals surface area contributed by atoms with Crippen LogP contribution >= 0.6 is 11.6 Å². The van der Waals surface area contributed by atoms with Gasteiger partial charge in [0.25, 0.3) is 0 Å². The Morgan fingerprint density at radius 2 is 2.44 bits per heavy atom. The zero-order chi connectivity index (χ0) is 11.5. The number of ether oxygens (including phenoxy) is 1. The molecule has 0 saturated carbocycles. The maximum Gasteiger partial charge on any atom is 0.229 e. The third-order valence-corrected chi connectivity index (χ3v) is 2.79. The molecule has 0 bridgehead atoms. The Labute approximate surface area is 99.0 Å². The number of pyridine rings is 1. The second-order valence-corrected chi connectivity index (χ2v) is 4.32. The van der Waals surface area contributed by atoms with E-state index in [1.54, 1.807) is 18.3 Å². The number of nitrogens with zero attached hydrogens (tertiary/aromatic N) is 1. The smallest absolute Gasteiger partial charge is 0.229 e. The molecule has 2 atom stereocenters. The van der Waals surface area contributed by atoms with Gasteiger partial charge in [-0.05, 0) is 25.5 Å². The van der Waals surface area contributed by atoms with Crippen molar-refractivity contribution >= 4 is 23.2 Å². The van der Waals surface area contributed by atoms with Gasteiger partial charge in [0.2, 0.25) is 5.91 Å². The lowest BCUT2D eigenvalue weighted by atomic mass is 10.1. The van der Waals surface area contributed by atoms with Gasteiger partial charge in [-0.3, -0.25) is 4.79 Å². The second kappa shape index (κ2) is 4.80. The molecule has 1 aliphatic heterocycles. The molecule has 0 radical (unpaired) electrons. The average Bonchev–Trinajstić information content (AvgIpc) is 2.68. The predicted molar refractivity (Wildman–Crippen MR) is 61.4 cm³/mol. The summed E-state index contributed by atoms with van der Waals surface area (Å²) in [4.78, 5) is 15.7. The Hall–Kier alpha value is -1.13. The van der Waals surface area contributed by atoms with Crippen molar-refractivity contribution < 1.29 is 9.53 Å². The molecule has 0 aromatic carbocycles. The van der Waals surface area contributed by atoms with Gasteiger partial charge in [-0.25, -0.2) is 4.98 Å². The van der Waals surface area contributed by atoms with Gasteiger partial charge in [-0.15, -0.1) is 0 Å². The fourth-order valence-electron chi connectivity index (χ4n) is 1.69. The zero-order valence-electron chi connectivity index (χ0n) is 8.94. The zero-order valence-corrected chi connectivity index (χ0v) is 9.70. The van der Waals surface area contributed by atoms with Crippen molar-refractivity contribution in [3.05, 3.63) is 23.5 Å². The number of anilines is 1. The molecule has 86 valence electrons. The number of carbonyl (C=O) groups excluding carboxylic acids is 1. The second-order valence-electron chi connectivity index (χ2n) is 3.94. The van der Waals surface area contributed by atoms with Crippen LogP contribution in [0.1, 0.15) is 13.3 Å². The summed E-state index contributed by atoms with van der Waals surface area (Å²) in [6.07, 6.45) is 2.48. The molecule has 1 amide bonds. The lowest BCUT2D eigenvalue weighted by Crippen LogP contribution is -2.23. The highest BCUT2D eigenvalue weighted by Crippen LogP contribution is 2.20. The first-order valence-corrected chi connectivity index (χ1v) is 5.57. The number of nitrogens with one attached hydrogen (secondary N) is 1. The Balaban J connectivity index is 1.94. The van der Waals surface area contributed by atoms with Crippen LogP contribution in [0, 0.1) is 5.92 Å². The number of amides is 1. The average molecular weight is 241 g/mol. The molecule has 16 heavy (non-hydrogen) atoms. The van der Waals surface area contributed by atoms with Crippen LogP contribution in [-0.2, 0) is 9.53 Å². The molecule has 4 nitrogen and oxygen atoms in total. The van der Waals surface area contributed by atoms with Crippen LogP contribution in [0.4, 0.5) is 5.69 Å². The number of aromatic nitrogens is 1. The molecule has 0 spiro atoms. The Bertz CT molecular complexity index is 380. The molecule has 1 N–H and O–H groups in total. The van der Waals surface area contributed by atoms with Gasteiger partial charge in [0.15, 0.2) is 0 Å². The minimum Gasteiger partial charge on any atom is -0.378 e. The summed E-state index contributed by atoms with van der Waals surface area (Å²) in [5.74, 6) is -0.0841. The molecule has 5 heteroatoms.